The van der Waals surface area contributed by atoms with E-state index < -0.39 is 28.6 Å². The zero-order valence-corrected chi connectivity index (χ0v) is 12.1. The Hall–Kier alpha value is -2.68. The third-order valence-corrected chi connectivity index (χ3v) is 2.93. The lowest BCUT2D eigenvalue weighted by atomic mass is 10.0. The number of carbonyl (C=O) groups is 2. The molecule has 0 aliphatic heterocycles. The minimum absolute atomic E-state index is 0.105. The van der Waals surface area contributed by atoms with Gasteiger partial charge in [-0.3, -0.25) is 14.9 Å². The fraction of sp³-hybridized carbons (Fsp3) is 0.385. The van der Waals surface area contributed by atoms with Gasteiger partial charge >= 0.3 is 6.09 Å². The normalized spacial score (nSPS) is 12.3. The summed E-state index contributed by atoms with van der Waals surface area (Å²) < 4.78 is 0. The highest BCUT2D eigenvalue weighted by atomic mass is 16.6. The van der Waals surface area contributed by atoms with E-state index in [1.54, 1.807) is 0 Å². The van der Waals surface area contributed by atoms with Crippen LogP contribution in [0.1, 0.15) is 25.5 Å². The number of carbonyl (C=O) groups excluding carboxylic acids is 1. The van der Waals surface area contributed by atoms with Crippen molar-refractivity contribution in [3.63, 3.8) is 0 Å². The molecule has 0 saturated heterocycles. The number of hydrogen-bond donors (Lipinski definition) is 4. The number of carboxylic acid groups (broad SMARTS) is 1. The van der Waals surface area contributed by atoms with Gasteiger partial charge in [0.05, 0.1) is 11.0 Å². The van der Waals surface area contributed by atoms with Crippen molar-refractivity contribution in [2.24, 2.45) is 0 Å². The maximum absolute atomic E-state index is 11.8. The second-order valence-electron chi connectivity index (χ2n) is 5.13. The van der Waals surface area contributed by atoms with Crippen LogP contribution in [0, 0.1) is 10.1 Å². The molecule has 120 valence electrons. The number of nitrogens with zero attached hydrogens (tertiary/aromatic N) is 1. The van der Waals surface area contributed by atoms with Crippen molar-refractivity contribution >= 4 is 17.7 Å². The maximum Gasteiger partial charge on any atom is 0.405 e. The highest BCUT2D eigenvalue weighted by Crippen LogP contribution is 2.17. The summed E-state index contributed by atoms with van der Waals surface area (Å²) in [5, 5.41) is 33.5. The Morgan fingerprint density at radius 2 is 1.86 bits per heavy atom. The molecule has 9 nitrogen and oxygen atoms in total. The molecule has 0 radical (unpaired) electrons. The first kappa shape index (κ1) is 17.4. The molecular weight excluding hydrogens is 294 g/mol. The van der Waals surface area contributed by atoms with E-state index in [9.17, 15) is 24.8 Å². The number of non-ortho nitro benzene ring substituents is 1. The summed E-state index contributed by atoms with van der Waals surface area (Å²) in [6.07, 6.45) is -2.40. The molecular formula is C13H17N3O6. The number of aliphatic hydroxyl groups is 1. The van der Waals surface area contributed by atoms with Gasteiger partial charge in [-0.2, -0.15) is 0 Å². The topological polar surface area (TPSA) is 142 Å². The molecule has 1 aromatic rings. The monoisotopic (exact) mass is 311 g/mol. The average Bonchev–Trinajstić information content (AvgIpc) is 2.43. The molecule has 1 rings (SSSR count). The van der Waals surface area contributed by atoms with Crippen LogP contribution in [0.15, 0.2) is 24.3 Å². The van der Waals surface area contributed by atoms with Crippen LogP contribution in [0.5, 0.6) is 0 Å². The molecule has 22 heavy (non-hydrogen) atoms. The average molecular weight is 311 g/mol. The van der Waals surface area contributed by atoms with E-state index in [-0.39, 0.29) is 12.2 Å². The Bertz CT molecular complexity index is 570. The van der Waals surface area contributed by atoms with Gasteiger partial charge in [0.25, 0.3) is 5.69 Å². The lowest BCUT2D eigenvalue weighted by Crippen LogP contribution is -2.54. The minimum atomic E-state index is -1.35. The summed E-state index contributed by atoms with van der Waals surface area (Å²) in [6, 6.07) is 5.26. The number of benzene rings is 1. The van der Waals surface area contributed by atoms with Crippen molar-refractivity contribution in [3.8, 4) is 0 Å². The zero-order chi connectivity index (χ0) is 16.9. The summed E-state index contributed by atoms with van der Waals surface area (Å²) >= 11 is 0. The first-order chi connectivity index (χ1) is 10.1. The predicted molar refractivity (Wildman–Crippen MR) is 76.3 cm³/mol. The van der Waals surface area contributed by atoms with E-state index in [4.69, 9.17) is 5.11 Å². The lowest BCUT2D eigenvalue weighted by Gasteiger charge is -2.24. The van der Waals surface area contributed by atoms with E-state index >= 15 is 0 Å². The van der Waals surface area contributed by atoms with Crippen molar-refractivity contribution in [2.45, 2.75) is 25.5 Å². The first-order valence-electron chi connectivity index (χ1n) is 6.35. The molecule has 0 aliphatic rings. The summed E-state index contributed by atoms with van der Waals surface area (Å²) in [5.41, 5.74) is -1.05. The Morgan fingerprint density at radius 1 is 1.32 bits per heavy atom. The van der Waals surface area contributed by atoms with Crippen LogP contribution in [-0.2, 0) is 4.79 Å². The number of aliphatic hydroxyl groups excluding tert-OH is 1. The van der Waals surface area contributed by atoms with Gasteiger partial charge in [-0.1, -0.05) is 0 Å². The van der Waals surface area contributed by atoms with Gasteiger partial charge in [0.1, 0.15) is 5.54 Å². The fourth-order valence-electron chi connectivity index (χ4n) is 1.67. The molecule has 0 spiro atoms. The van der Waals surface area contributed by atoms with Crippen molar-refractivity contribution in [1.82, 2.24) is 10.6 Å². The van der Waals surface area contributed by atoms with Gasteiger partial charge in [-0.15, -0.1) is 0 Å². The van der Waals surface area contributed by atoms with E-state index in [0.717, 1.165) is 0 Å². The van der Waals surface area contributed by atoms with Crippen molar-refractivity contribution < 1.29 is 24.7 Å². The lowest BCUT2D eigenvalue weighted by molar-refractivity contribution is -0.384. The van der Waals surface area contributed by atoms with Gasteiger partial charge in [-0.05, 0) is 31.5 Å². The van der Waals surface area contributed by atoms with Gasteiger partial charge in [0.2, 0.25) is 5.91 Å². The Balaban J connectivity index is 2.62. The molecule has 9 heteroatoms. The first-order valence-corrected chi connectivity index (χ1v) is 6.35. The largest absolute Gasteiger partial charge is 0.465 e. The van der Waals surface area contributed by atoms with Gasteiger partial charge in [0.15, 0.2) is 0 Å². The van der Waals surface area contributed by atoms with E-state index in [0.29, 0.717) is 5.56 Å². The van der Waals surface area contributed by atoms with Crippen LogP contribution in [0.25, 0.3) is 0 Å². The summed E-state index contributed by atoms with van der Waals surface area (Å²) in [5.74, 6) is -0.601. The van der Waals surface area contributed by atoms with Crippen LogP contribution in [-0.4, -0.2) is 39.2 Å². The molecule has 1 atom stereocenters. The van der Waals surface area contributed by atoms with Crippen LogP contribution >= 0.6 is 0 Å². The summed E-state index contributed by atoms with van der Waals surface area (Å²) in [6.45, 7) is 2.62. The van der Waals surface area contributed by atoms with Crippen LogP contribution < -0.4 is 10.6 Å². The second-order valence-corrected chi connectivity index (χ2v) is 5.13. The molecule has 0 fully saturated rings. The Morgan fingerprint density at radius 3 is 2.32 bits per heavy atom. The number of hydrogen-bond acceptors (Lipinski definition) is 5. The molecule has 0 bridgehead atoms. The third-order valence-electron chi connectivity index (χ3n) is 2.93. The second kappa shape index (κ2) is 6.85. The van der Waals surface area contributed by atoms with Gasteiger partial charge in [0, 0.05) is 18.7 Å². The van der Waals surface area contributed by atoms with Crippen LogP contribution in [0.4, 0.5) is 10.5 Å². The van der Waals surface area contributed by atoms with E-state index in [1.165, 1.54) is 38.1 Å². The smallest absolute Gasteiger partial charge is 0.405 e. The summed E-state index contributed by atoms with van der Waals surface area (Å²) in [7, 11) is 0. The molecule has 0 saturated carbocycles. The van der Waals surface area contributed by atoms with Crippen molar-refractivity contribution in [1.29, 1.82) is 0 Å². The number of nitro groups is 1. The SMILES string of the molecule is CC(C)(NC(=O)O)C(=O)NCC(O)c1ccc([N+](=O)[O-])cc1. The maximum atomic E-state index is 11.8. The van der Waals surface area contributed by atoms with Crippen LogP contribution in [0.2, 0.25) is 0 Å². The fourth-order valence-corrected chi connectivity index (χ4v) is 1.67. The molecule has 0 aromatic heterocycles. The highest BCUT2D eigenvalue weighted by molar-refractivity contribution is 5.88. The number of nitro benzene ring substituents is 1. The molecule has 1 aromatic carbocycles. The van der Waals surface area contributed by atoms with Gasteiger partial charge < -0.3 is 20.8 Å². The summed E-state index contributed by atoms with van der Waals surface area (Å²) in [4.78, 5) is 32.4. The molecule has 2 amide bonds. The highest BCUT2D eigenvalue weighted by Gasteiger charge is 2.29. The van der Waals surface area contributed by atoms with Gasteiger partial charge in [-0.25, -0.2) is 4.79 Å². The minimum Gasteiger partial charge on any atom is -0.465 e. The predicted octanol–water partition coefficient (Wildman–Crippen LogP) is 0.791. The number of rotatable bonds is 6. The van der Waals surface area contributed by atoms with E-state index in [2.05, 4.69) is 10.6 Å². The Kier molecular flexibility index (Phi) is 5.41. The van der Waals surface area contributed by atoms with Crippen molar-refractivity contribution in [2.75, 3.05) is 6.54 Å². The quantitative estimate of drug-likeness (QED) is 0.452. The molecule has 0 aliphatic carbocycles. The number of nitrogens with one attached hydrogen (secondary N) is 2. The third kappa shape index (κ3) is 4.70. The Labute approximate surface area is 126 Å². The zero-order valence-electron chi connectivity index (χ0n) is 12.1. The van der Waals surface area contributed by atoms with Crippen LogP contribution in [0.3, 0.4) is 0 Å². The molecule has 4 N–H and O–H groups in total. The van der Waals surface area contributed by atoms with Crippen molar-refractivity contribution in [3.05, 3.63) is 39.9 Å². The molecule has 0 heterocycles. The number of amides is 2. The standard InChI is InChI=1S/C13H17N3O6/c1-13(2,15-12(19)20)11(18)14-7-10(17)8-3-5-9(6-4-8)16(21)22/h3-6,10,15,17H,7H2,1-2H3,(H,14,18)(H,19,20). The van der Waals surface area contributed by atoms with E-state index in [1.807, 2.05) is 0 Å². The molecule has 1 unspecified atom stereocenters.